The van der Waals surface area contributed by atoms with Crippen LogP contribution in [0.2, 0.25) is 0 Å². The fraction of sp³-hybridized carbons (Fsp3) is 0.520. The Hall–Kier alpha value is -2.78. The van der Waals surface area contributed by atoms with Gasteiger partial charge in [0.25, 0.3) is 0 Å². The van der Waals surface area contributed by atoms with Crippen LogP contribution in [0.1, 0.15) is 68.2 Å². The number of hydrogen-bond acceptors (Lipinski definition) is 6. The molecule has 3 rings (SSSR count). The average molecular weight is 424 g/mol. The summed E-state index contributed by atoms with van der Waals surface area (Å²) in [5.41, 5.74) is 11.0. The molecule has 0 aromatic heterocycles. The Kier molecular flexibility index (Phi) is 7.07. The highest BCUT2D eigenvalue weighted by Gasteiger charge is 2.37. The van der Waals surface area contributed by atoms with Crippen molar-refractivity contribution in [3.05, 3.63) is 57.2 Å². The van der Waals surface area contributed by atoms with Crippen LogP contribution >= 0.6 is 0 Å². The largest absolute Gasteiger partial charge is 0.463 e. The summed E-state index contributed by atoms with van der Waals surface area (Å²) in [6.45, 7) is 12.0. The van der Waals surface area contributed by atoms with Crippen LogP contribution in [0.5, 0.6) is 0 Å². The van der Waals surface area contributed by atoms with E-state index in [1.54, 1.807) is 13.8 Å². The van der Waals surface area contributed by atoms with Crippen LogP contribution in [0, 0.1) is 25.2 Å². The van der Waals surface area contributed by atoms with Crippen molar-refractivity contribution in [3.8, 4) is 6.07 Å². The number of aryl methyl sites for hydroxylation is 1. The molecule has 31 heavy (non-hydrogen) atoms. The second kappa shape index (κ2) is 9.57. The number of nitrogens with zero attached hydrogens (tertiary/aromatic N) is 2. The summed E-state index contributed by atoms with van der Waals surface area (Å²) in [7, 11) is 0. The highest BCUT2D eigenvalue weighted by atomic mass is 16.5. The van der Waals surface area contributed by atoms with E-state index in [0.717, 1.165) is 29.8 Å². The molecule has 2 unspecified atom stereocenters. The summed E-state index contributed by atoms with van der Waals surface area (Å²) in [5, 5.41) is 9.88. The standard InChI is InChI=1S/C25H33N3O3/c1-6-30-25(29)22-18(5)31-24(27)21(13-26)23(22)20-12-15(2)11-19(17(20)4)14-28-10-8-7-9-16(28)3/h11-12,16,23H,6-10,14,27H2,1-5H3. The number of carbonyl (C=O) groups excluding carboxylic acids is 1. The van der Waals surface area contributed by atoms with Crippen molar-refractivity contribution < 1.29 is 14.3 Å². The van der Waals surface area contributed by atoms with E-state index in [0.29, 0.717) is 17.4 Å². The van der Waals surface area contributed by atoms with Gasteiger partial charge < -0.3 is 15.2 Å². The Labute approximate surface area is 185 Å². The van der Waals surface area contributed by atoms with Crippen molar-refractivity contribution in [1.82, 2.24) is 4.90 Å². The Morgan fingerprint density at radius 1 is 1.32 bits per heavy atom. The molecule has 2 aliphatic rings. The molecule has 166 valence electrons. The second-order valence-corrected chi connectivity index (χ2v) is 8.57. The zero-order valence-corrected chi connectivity index (χ0v) is 19.2. The fourth-order valence-corrected chi connectivity index (χ4v) is 4.70. The van der Waals surface area contributed by atoms with Crippen molar-refractivity contribution in [1.29, 1.82) is 5.26 Å². The Bertz CT molecular complexity index is 971. The van der Waals surface area contributed by atoms with Gasteiger partial charge in [0, 0.05) is 12.6 Å². The topological polar surface area (TPSA) is 88.6 Å². The van der Waals surface area contributed by atoms with Crippen LogP contribution < -0.4 is 5.73 Å². The average Bonchev–Trinajstić information content (AvgIpc) is 2.71. The minimum atomic E-state index is -0.602. The van der Waals surface area contributed by atoms with Crippen LogP contribution in [-0.4, -0.2) is 30.1 Å². The molecule has 2 heterocycles. The predicted octanol–water partition coefficient (Wildman–Crippen LogP) is 4.32. The lowest BCUT2D eigenvalue weighted by Crippen LogP contribution is -2.37. The Morgan fingerprint density at radius 2 is 2.06 bits per heavy atom. The number of carbonyl (C=O) groups is 1. The summed E-state index contributed by atoms with van der Waals surface area (Å²) in [5.74, 6) is -0.648. The van der Waals surface area contributed by atoms with Gasteiger partial charge in [-0.3, -0.25) is 4.90 Å². The first-order chi connectivity index (χ1) is 14.8. The van der Waals surface area contributed by atoms with E-state index in [4.69, 9.17) is 15.2 Å². The SMILES string of the molecule is CCOC(=O)C1=C(C)OC(N)=C(C#N)C1c1cc(C)cc(CN2CCCCC2C)c1C. The highest BCUT2D eigenvalue weighted by molar-refractivity contribution is 5.92. The van der Waals surface area contributed by atoms with Gasteiger partial charge in [0.15, 0.2) is 0 Å². The number of ether oxygens (including phenoxy) is 2. The van der Waals surface area contributed by atoms with Crippen molar-refractivity contribution in [3.63, 3.8) is 0 Å². The summed E-state index contributed by atoms with van der Waals surface area (Å²) in [4.78, 5) is 15.4. The van der Waals surface area contributed by atoms with Crippen LogP contribution in [0.25, 0.3) is 0 Å². The summed E-state index contributed by atoms with van der Waals surface area (Å²) < 4.78 is 10.9. The second-order valence-electron chi connectivity index (χ2n) is 8.57. The number of allylic oxidation sites excluding steroid dienone is 2. The monoisotopic (exact) mass is 423 g/mol. The maximum atomic E-state index is 12.9. The molecule has 1 saturated heterocycles. The van der Waals surface area contributed by atoms with Gasteiger partial charge in [0.2, 0.25) is 5.88 Å². The smallest absolute Gasteiger partial charge is 0.338 e. The Morgan fingerprint density at radius 3 is 2.71 bits per heavy atom. The molecule has 2 N–H and O–H groups in total. The number of esters is 1. The minimum absolute atomic E-state index is 0.0464. The predicted molar refractivity (Wildman–Crippen MR) is 120 cm³/mol. The highest BCUT2D eigenvalue weighted by Crippen LogP contribution is 2.42. The maximum Gasteiger partial charge on any atom is 0.338 e. The molecule has 2 aliphatic heterocycles. The number of likely N-dealkylation sites (tertiary alicyclic amines) is 1. The lowest BCUT2D eigenvalue weighted by atomic mass is 9.79. The molecular weight excluding hydrogens is 390 g/mol. The molecule has 0 radical (unpaired) electrons. The first-order valence-electron chi connectivity index (χ1n) is 11.1. The number of piperidine rings is 1. The van der Waals surface area contributed by atoms with Gasteiger partial charge in [-0.15, -0.1) is 0 Å². The number of nitriles is 1. The quantitative estimate of drug-likeness (QED) is 0.710. The van der Waals surface area contributed by atoms with Crippen LogP contribution in [0.4, 0.5) is 0 Å². The fourth-order valence-electron chi connectivity index (χ4n) is 4.70. The molecule has 1 fully saturated rings. The molecule has 0 amide bonds. The van der Waals surface area contributed by atoms with Crippen LogP contribution in [0.15, 0.2) is 34.9 Å². The van der Waals surface area contributed by atoms with Crippen LogP contribution in [-0.2, 0) is 20.8 Å². The van der Waals surface area contributed by atoms with Crippen molar-refractivity contribution >= 4 is 5.97 Å². The minimum Gasteiger partial charge on any atom is -0.463 e. The van der Waals surface area contributed by atoms with E-state index in [9.17, 15) is 10.1 Å². The first-order valence-corrected chi connectivity index (χ1v) is 11.1. The van der Waals surface area contributed by atoms with Gasteiger partial charge in [-0.2, -0.15) is 5.26 Å². The number of nitrogens with two attached hydrogens (primary N) is 1. The third-order valence-corrected chi connectivity index (χ3v) is 6.43. The zero-order chi connectivity index (χ0) is 22.7. The molecule has 1 aromatic rings. The van der Waals surface area contributed by atoms with Gasteiger partial charge >= 0.3 is 5.97 Å². The number of hydrogen-bond donors (Lipinski definition) is 1. The van der Waals surface area contributed by atoms with Crippen molar-refractivity contribution in [2.45, 2.75) is 72.4 Å². The molecule has 0 bridgehead atoms. The van der Waals surface area contributed by atoms with Gasteiger partial charge in [0.1, 0.15) is 17.4 Å². The van der Waals surface area contributed by atoms with Crippen LogP contribution in [0.3, 0.4) is 0 Å². The maximum absolute atomic E-state index is 12.9. The summed E-state index contributed by atoms with van der Waals surface area (Å²) >= 11 is 0. The van der Waals surface area contributed by atoms with Gasteiger partial charge in [-0.1, -0.05) is 24.1 Å². The van der Waals surface area contributed by atoms with Gasteiger partial charge in [-0.25, -0.2) is 4.79 Å². The van der Waals surface area contributed by atoms with E-state index in [1.165, 1.54) is 24.8 Å². The number of rotatable bonds is 5. The molecule has 2 atom stereocenters. The van der Waals surface area contributed by atoms with E-state index >= 15 is 0 Å². The van der Waals surface area contributed by atoms with Gasteiger partial charge in [0.05, 0.1) is 18.1 Å². The first kappa shape index (κ1) is 22.9. The zero-order valence-electron chi connectivity index (χ0n) is 19.2. The molecule has 6 nitrogen and oxygen atoms in total. The van der Waals surface area contributed by atoms with Gasteiger partial charge in [-0.05, 0) is 70.7 Å². The van der Waals surface area contributed by atoms with E-state index in [2.05, 4.69) is 30.9 Å². The molecule has 6 heteroatoms. The third kappa shape index (κ3) is 4.62. The molecule has 0 spiro atoms. The van der Waals surface area contributed by atoms with E-state index < -0.39 is 11.9 Å². The van der Waals surface area contributed by atoms with E-state index in [1.807, 2.05) is 13.0 Å². The molecule has 0 aliphatic carbocycles. The van der Waals surface area contributed by atoms with E-state index in [-0.39, 0.29) is 18.1 Å². The summed E-state index contributed by atoms with van der Waals surface area (Å²) in [6.07, 6.45) is 3.71. The molecule has 0 saturated carbocycles. The third-order valence-electron chi connectivity index (χ3n) is 6.43. The number of benzene rings is 1. The van der Waals surface area contributed by atoms with Crippen molar-refractivity contribution in [2.75, 3.05) is 13.2 Å². The summed E-state index contributed by atoms with van der Waals surface area (Å²) in [6, 6.07) is 6.98. The lowest BCUT2D eigenvalue weighted by Gasteiger charge is -2.34. The normalized spacial score (nSPS) is 22.2. The Balaban J connectivity index is 2.11. The lowest BCUT2D eigenvalue weighted by molar-refractivity contribution is -0.139. The van der Waals surface area contributed by atoms with Crippen molar-refractivity contribution in [2.24, 2.45) is 5.73 Å². The molecule has 1 aromatic carbocycles. The molecular formula is C25H33N3O3.